The van der Waals surface area contributed by atoms with E-state index in [0.29, 0.717) is 81.2 Å². The van der Waals surface area contributed by atoms with E-state index >= 15 is 0 Å². The second-order valence-electron chi connectivity index (χ2n) is 16.3. The first-order valence-corrected chi connectivity index (χ1v) is 18.4. The molecular formula is C38H64N4O3. The highest BCUT2D eigenvalue weighted by Gasteiger charge is 2.69. The number of hydrogen-bond donors (Lipinski definition) is 3. The fraction of sp³-hybridized carbons (Fsp3) is 0.842. The van der Waals surface area contributed by atoms with E-state index in [4.69, 9.17) is 31.4 Å². The Bertz CT molecular complexity index is 1110. The Hall–Kier alpha value is -1.06. The lowest BCUT2D eigenvalue weighted by Gasteiger charge is -2.66. The molecular weight excluding hydrogens is 560 g/mol. The summed E-state index contributed by atoms with van der Waals surface area (Å²) in [6, 6.07) is 11.6. The number of hydrogen-bond acceptors (Lipinski definition) is 7. The molecule has 0 aromatic heterocycles. The van der Waals surface area contributed by atoms with Crippen molar-refractivity contribution in [1.82, 2.24) is 4.90 Å². The van der Waals surface area contributed by atoms with Crippen molar-refractivity contribution in [2.75, 3.05) is 46.5 Å². The Labute approximate surface area is 273 Å². The smallest absolute Gasteiger partial charge is 0.0637 e. The molecule has 5 aliphatic rings. The van der Waals surface area contributed by atoms with E-state index in [0.717, 1.165) is 32.2 Å². The molecule has 12 unspecified atom stereocenters. The van der Waals surface area contributed by atoms with Crippen LogP contribution in [-0.2, 0) is 20.8 Å². The molecule has 0 bridgehead atoms. The van der Waals surface area contributed by atoms with Crippen LogP contribution in [0.15, 0.2) is 30.3 Å². The van der Waals surface area contributed by atoms with E-state index < -0.39 is 0 Å². The quantitative estimate of drug-likeness (QED) is 0.277. The minimum Gasteiger partial charge on any atom is -0.377 e. The van der Waals surface area contributed by atoms with Crippen molar-refractivity contribution in [2.45, 2.75) is 109 Å². The van der Waals surface area contributed by atoms with Gasteiger partial charge in [0.05, 0.1) is 38.1 Å². The van der Waals surface area contributed by atoms with Crippen molar-refractivity contribution in [3.05, 3.63) is 35.9 Å². The molecule has 0 spiro atoms. The molecule has 254 valence electrons. The van der Waals surface area contributed by atoms with Gasteiger partial charge in [0.2, 0.25) is 0 Å². The summed E-state index contributed by atoms with van der Waals surface area (Å²) in [5.74, 6) is 2.94. The van der Waals surface area contributed by atoms with E-state index in [1.807, 2.05) is 0 Å². The summed E-state index contributed by atoms with van der Waals surface area (Å²) in [6.45, 7) is 12.6. The van der Waals surface area contributed by atoms with E-state index in [1.165, 1.54) is 37.7 Å². The SMILES string of the molecule is CN(Cc1ccccc1)C1CCC1(C)C1CCC2C3C(OCCN)CC4CC(OCCN)CCC4(C)C3CC(OCCN)C21C. The average Bonchev–Trinajstić information content (AvgIpc) is 3.39. The Kier molecular flexibility index (Phi) is 10.4. The van der Waals surface area contributed by atoms with Gasteiger partial charge in [0.15, 0.2) is 0 Å². The molecule has 45 heavy (non-hydrogen) atoms. The lowest BCUT2D eigenvalue weighted by atomic mass is 9.41. The van der Waals surface area contributed by atoms with Crippen LogP contribution in [0, 0.1) is 45.8 Å². The first kappa shape index (κ1) is 33.8. The van der Waals surface area contributed by atoms with Gasteiger partial charge in [0.25, 0.3) is 0 Å². The highest BCUT2D eigenvalue weighted by Crippen LogP contribution is 2.72. The molecule has 5 fully saturated rings. The van der Waals surface area contributed by atoms with Crippen molar-refractivity contribution >= 4 is 0 Å². The third-order valence-corrected chi connectivity index (χ3v) is 14.4. The zero-order valence-electron chi connectivity index (χ0n) is 28.8. The first-order valence-electron chi connectivity index (χ1n) is 18.4. The summed E-state index contributed by atoms with van der Waals surface area (Å²) in [5, 5.41) is 0. The van der Waals surface area contributed by atoms with Crippen molar-refractivity contribution in [3.63, 3.8) is 0 Å². The molecule has 1 aromatic carbocycles. The maximum Gasteiger partial charge on any atom is 0.0637 e. The van der Waals surface area contributed by atoms with Crippen molar-refractivity contribution in [1.29, 1.82) is 0 Å². The van der Waals surface area contributed by atoms with Gasteiger partial charge >= 0.3 is 0 Å². The minimum absolute atomic E-state index is 0.103. The fourth-order valence-electron chi connectivity index (χ4n) is 12.2. The molecule has 0 heterocycles. The summed E-state index contributed by atoms with van der Waals surface area (Å²) < 4.78 is 20.0. The molecule has 0 amide bonds. The number of rotatable bonds is 13. The number of nitrogens with zero attached hydrogens (tertiary/aromatic N) is 1. The van der Waals surface area contributed by atoms with E-state index in [-0.39, 0.29) is 28.5 Å². The van der Waals surface area contributed by atoms with Crippen LogP contribution in [-0.4, -0.2) is 75.8 Å². The van der Waals surface area contributed by atoms with Crippen LogP contribution in [0.25, 0.3) is 0 Å². The molecule has 0 aliphatic heterocycles. The second-order valence-corrected chi connectivity index (χ2v) is 16.3. The Morgan fingerprint density at radius 1 is 0.756 bits per heavy atom. The number of fused-ring (bicyclic) bond motifs is 5. The van der Waals surface area contributed by atoms with E-state index in [2.05, 4.69) is 63.1 Å². The highest BCUT2D eigenvalue weighted by atomic mass is 16.5. The van der Waals surface area contributed by atoms with E-state index in [9.17, 15) is 0 Å². The van der Waals surface area contributed by atoms with Gasteiger partial charge in [0, 0.05) is 37.6 Å². The van der Waals surface area contributed by atoms with Gasteiger partial charge in [-0.1, -0.05) is 51.1 Å². The summed E-state index contributed by atoms with van der Waals surface area (Å²) in [6.07, 6.45) is 11.7. The summed E-state index contributed by atoms with van der Waals surface area (Å²) in [4.78, 5) is 2.65. The monoisotopic (exact) mass is 624 g/mol. The predicted octanol–water partition coefficient (Wildman–Crippen LogP) is 5.20. The van der Waals surface area contributed by atoms with Crippen LogP contribution >= 0.6 is 0 Å². The molecule has 7 nitrogen and oxygen atoms in total. The molecule has 0 radical (unpaired) electrons. The third kappa shape index (κ3) is 5.95. The number of benzene rings is 1. The van der Waals surface area contributed by atoms with Gasteiger partial charge in [-0.15, -0.1) is 0 Å². The topological polar surface area (TPSA) is 109 Å². The van der Waals surface area contributed by atoms with Crippen LogP contribution in [0.5, 0.6) is 0 Å². The lowest BCUT2D eigenvalue weighted by Crippen LogP contribution is -2.66. The first-order chi connectivity index (χ1) is 21.7. The van der Waals surface area contributed by atoms with Crippen LogP contribution in [0.2, 0.25) is 0 Å². The summed E-state index contributed by atoms with van der Waals surface area (Å²) >= 11 is 0. The minimum atomic E-state index is 0.103. The van der Waals surface area contributed by atoms with Gasteiger partial charge in [-0.05, 0) is 111 Å². The van der Waals surface area contributed by atoms with Crippen LogP contribution < -0.4 is 17.2 Å². The Morgan fingerprint density at radius 2 is 1.44 bits per heavy atom. The number of nitrogens with two attached hydrogens (primary N) is 3. The maximum atomic E-state index is 6.96. The van der Waals surface area contributed by atoms with E-state index in [1.54, 1.807) is 0 Å². The Morgan fingerprint density at radius 3 is 2.13 bits per heavy atom. The summed E-state index contributed by atoms with van der Waals surface area (Å²) in [5.41, 5.74) is 20.1. The third-order valence-electron chi connectivity index (χ3n) is 14.4. The molecule has 5 saturated carbocycles. The van der Waals surface area contributed by atoms with Gasteiger partial charge < -0.3 is 31.4 Å². The van der Waals surface area contributed by atoms with Crippen LogP contribution in [0.4, 0.5) is 0 Å². The van der Waals surface area contributed by atoms with Crippen LogP contribution in [0.3, 0.4) is 0 Å². The zero-order valence-corrected chi connectivity index (χ0v) is 28.8. The molecule has 1 aromatic rings. The standard InChI is InChI=1S/C38H64N4O3/c1-36-14-12-28(43-19-16-39)22-27(36)23-31(44-20-17-40)35-29-10-11-32(38(29,3)34(24-30(35)36)45-21-18-41)37(2)15-13-33(37)42(4)25-26-8-6-5-7-9-26/h5-9,27-35H,10-25,39-41H2,1-4H3. The van der Waals surface area contributed by atoms with Gasteiger partial charge in [-0.3, -0.25) is 4.90 Å². The molecule has 7 heteroatoms. The van der Waals surface area contributed by atoms with Gasteiger partial charge in [-0.2, -0.15) is 0 Å². The van der Waals surface area contributed by atoms with Gasteiger partial charge in [0.1, 0.15) is 0 Å². The second kappa shape index (κ2) is 13.8. The normalized spacial score (nSPS) is 44.2. The summed E-state index contributed by atoms with van der Waals surface area (Å²) in [7, 11) is 2.36. The Balaban J connectivity index is 1.30. The lowest BCUT2D eigenvalue weighted by molar-refractivity contribution is -0.237. The van der Waals surface area contributed by atoms with Gasteiger partial charge in [-0.25, -0.2) is 0 Å². The molecule has 5 aliphatic carbocycles. The molecule has 6 N–H and O–H groups in total. The fourth-order valence-corrected chi connectivity index (χ4v) is 12.2. The largest absolute Gasteiger partial charge is 0.377 e. The van der Waals surface area contributed by atoms with Crippen LogP contribution in [0.1, 0.15) is 84.1 Å². The zero-order chi connectivity index (χ0) is 31.8. The average molecular weight is 625 g/mol. The molecule has 12 atom stereocenters. The highest BCUT2D eigenvalue weighted by molar-refractivity contribution is 5.20. The predicted molar refractivity (Wildman–Crippen MR) is 181 cm³/mol. The molecule has 6 rings (SSSR count). The van der Waals surface area contributed by atoms with Crippen molar-refractivity contribution in [3.8, 4) is 0 Å². The van der Waals surface area contributed by atoms with Crippen molar-refractivity contribution in [2.24, 2.45) is 63.0 Å². The maximum absolute atomic E-state index is 6.96. The van der Waals surface area contributed by atoms with Crippen molar-refractivity contribution < 1.29 is 14.2 Å². The number of ether oxygens (including phenoxy) is 3. The molecule has 0 saturated heterocycles.